The predicted molar refractivity (Wildman–Crippen MR) is 88.5 cm³/mol. The third-order valence-electron chi connectivity index (χ3n) is 4.06. The van der Waals surface area contributed by atoms with E-state index in [1.807, 2.05) is 0 Å². The highest BCUT2D eigenvalue weighted by atomic mass is 19.4. The van der Waals surface area contributed by atoms with Crippen LogP contribution in [0.3, 0.4) is 0 Å². The zero-order valence-electron chi connectivity index (χ0n) is 14.1. The fraction of sp³-hybridized carbons (Fsp3) is 0.471. The molecule has 0 spiro atoms. The standard InChI is InChI=1S/C17H19F3N4O2/c1-11(25)7-13-10-26-6-5-24(13)15-8-14(17(18,19)20)22-16(23-15)12-3-2-4-21-9-12/h2-4,8-9,11,13,25H,5-7,10H2,1H3. The molecule has 26 heavy (non-hydrogen) atoms. The first kappa shape index (κ1) is 18.5. The topological polar surface area (TPSA) is 71.4 Å². The number of hydrogen-bond acceptors (Lipinski definition) is 6. The third kappa shape index (κ3) is 4.28. The molecule has 2 aromatic heterocycles. The van der Waals surface area contributed by atoms with E-state index in [0.29, 0.717) is 31.7 Å². The smallest absolute Gasteiger partial charge is 0.393 e. The summed E-state index contributed by atoms with van der Waals surface area (Å²) in [6.45, 7) is 2.72. The quantitative estimate of drug-likeness (QED) is 0.894. The minimum absolute atomic E-state index is 0.0368. The largest absolute Gasteiger partial charge is 0.433 e. The number of anilines is 1. The summed E-state index contributed by atoms with van der Waals surface area (Å²) in [6.07, 6.45) is -1.88. The van der Waals surface area contributed by atoms with Crippen molar-refractivity contribution < 1.29 is 23.0 Å². The van der Waals surface area contributed by atoms with Gasteiger partial charge in [-0.25, -0.2) is 9.97 Å². The number of aliphatic hydroxyl groups excluding tert-OH is 1. The van der Waals surface area contributed by atoms with Crippen LogP contribution in [0.2, 0.25) is 0 Å². The van der Waals surface area contributed by atoms with E-state index in [1.165, 1.54) is 12.4 Å². The lowest BCUT2D eigenvalue weighted by atomic mass is 10.1. The molecule has 3 rings (SSSR count). The lowest BCUT2D eigenvalue weighted by Gasteiger charge is -2.37. The first-order chi connectivity index (χ1) is 12.3. The average Bonchev–Trinajstić information content (AvgIpc) is 2.61. The van der Waals surface area contributed by atoms with Crippen LogP contribution in [0.5, 0.6) is 0 Å². The number of pyridine rings is 1. The number of hydrogen-bond donors (Lipinski definition) is 1. The van der Waals surface area contributed by atoms with Gasteiger partial charge in [-0.15, -0.1) is 0 Å². The minimum atomic E-state index is -4.60. The van der Waals surface area contributed by atoms with Gasteiger partial charge in [0.05, 0.1) is 25.4 Å². The van der Waals surface area contributed by atoms with Crippen molar-refractivity contribution in [1.29, 1.82) is 0 Å². The predicted octanol–water partition coefficient (Wildman–Crippen LogP) is 2.53. The van der Waals surface area contributed by atoms with E-state index in [-0.39, 0.29) is 17.7 Å². The second-order valence-electron chi connectivity index (χ2n) is 6.18. The van der Waals surface area contributed by atoms with Crippen molar-refractivity contribution in [2.75, 3.05) is 24.7 Å². The highest BCUT2D eigenvalue weighted by Crippen LogP contribution is 2.32. The van der Waals surface area contributed by atoms with Crippen molar-refractivity contribution in [3.05, 3.63) is 36.3 Å². The second-order valence-corrected chi connectivity index (χ2v) is 6.18. The van der Waals surface area contributed by atoms with Crippen molar-refractivity contribution >= 4 is 5.82 Å². The van der Waals surface area contributed by atoms with Gasteiger partial charge in [-0.2, -0.15) is 13.2 Å². The minimum Gasteiger partial charge on any atom is -0.393 e. The van der Waals surface area contributed by atoms with Gasteiger partial charge in [-0.1, -0.05) is 0 Å². The number of rotatable bonds is 4. The molecule has 0 radical (unpaired) electrons. The summed E-state index contributed by atoms with van der Waals surface area (Å²) in [7, 11) is 0. The van der Waals surface area contributed by atoms with Crippen LogP contribution in [0.25, 0.3) is 11.4 Å². The van der Waals surface area contributed by atoms with Crippen molar-refractivity contribution in [2.24, 2.45) is 0 Å². The Morgan fingerprint density at radius 2 is 2.19 bits per heavy atom. The highest BCUT2D eigenvalue weighted by molar-refractivity contribution is 5.57. The van der Waals surface area contributed by atoms with Crippen LogP contribution >= 0.6 is 0 Å². The molecule has 3 heterocycles. The van der Waals surface area contributed by atoms with Crippen LogP contribution in [-0.4, -0.2) is 52.0 Å². The molecule has 0 aliphatic carbocycles. The zero-order chi connectivity index (χ0) is 18.7. The molecule has 1 fully saturated rings. The Bertz CT molecular complexity index is 741. The molecule has 0 amide bonds. The van der Waals surface area contributed by atoms with E-state index in [0.717, 1.165) is 6.07 Å². The summed E-state index contributed by atoms with van der Waals surface area (Å²) in [5, 5.41) is 9.68. The summed E-state index contributed by atoms with van der Waals surface area (Å²) < 4.78 is 45.5. The Hall–Kier alpha value is -2.26. The number of aromatic nitrogens is 3. The Kier molecular flexibility index (Phi) is 5.38. The van der Waals surface area contributed by atoms with Crippen LogP contribution in [-0.2, 0) is 10.9 Å². The van der Waals surface area contributed by atoms with Gasteiger partial charge >= 0.3 is 6.18 Å². The van der Waals surface area contributed by atoms with Gasteiger partial charge in [-0.3, -0.25) is 4.98 Å². The summed E-state index contributed by atoms with van der Waals surface area (Å²) in [5.41, 5.74) is -0.608. The van der Waals surface area contributed by atoms with Gasteiger partial charge in [0.1, 0.15) is 5.82 Å². The molecule has 1 aliphatic rings. The lowest BCUT2D eigenvalue weighted by molar-refractivity contribution is -0.141. The SMILES string of the molecule is CC(O)CC1COCCN1c1cc(C(F)(F)F)nc(-c2cccnc2)n1. The van der Waals surface area contributed by atoms with Gasteiger partial charge < -0.3 is 14.7 Å². The van der Waals surface area contributed by atoms with Gasteiger partial charge in [-0.05, 0) is 25.5 Å². The van der Waals surface area contributed by atoms with Crippen LogP contribution < -0.4 is 4.90 Å². The maximum atomic E-state index is 13.3. The van der Waals surface area contributed by atoms with Crippen molar-refractivity contribution in [3.8, 4) is 11.4 Å². The first-order valence-electron chi connectivity index (χ1n) is 8.23. The summed E-state index contributed by atoms with van der Waals surface area (Å²) in [6, 6.07) is 3.91. The summed E-state index contributed by atoms with van der Waals surface area (Å²) in [5.74, 6) is 0.130. The lowest BCUT2D eigenvalue weighted by Crippen LogP contribution is -2.47. The number of ether oxygens (including phenoxy) is 1. The number of nitrogens with zero attached hydrogens (tertiary/aromatic N) is 4. The fourth-order valence-electron chi connectivity index (χ4n) is 2.90. The molecule has 1 N–H and O–H groups in total. The van der Waals surface area contributed by atoms with Crippen molar-refractivity contribution in [2.45, 2.75) is 31.7 Å². The Labute approximate surface area is 148 Å². The molecular formula is C17H19F3N4O2. The van der Waals surface area contributed by atoms with Gasteiger partial charge in [0.15, 0.2) is 11.5 Å². The van der Waals surface area contributed by atoms with E-state index >= 15 is 0 Å². The third-order valence-corrected chi connectivity index (χ3v) is 4.06. The van der Waals surface area contributed by atoms with E-state index in [2.05, 4.69) is 15.0 Å². The molecule has 1 aliphatic heterocycles. The molecule has 0 bridgehead atoms. The van der Waals surface area contributed by atoms with Gasteiger partial charge in [0.25, 0.3) is 0 Å². The number of halogens is 3. The molecular weight excluding hydrogens is 349 g/mol. The molecule has 2 unspecified atom stereocenters. The number of morpholine rings is 1. The van der Waals surface area contributed by atoms with Crippen molar-refractivity contribution in [1.82, 2.24) is 15.0 Å². The van der Waals surface area contributed by atoms with Crippen LogP contribution in [0.4, 0.5) is 19.0 Å². The van der Waals surface area contributed by atoms with Crippen LogP contribution in [0, 0.1) is 0 Å². The molecule has 140 valence electrons. The van der Waals surface area contributed by atoms with Gasteiger partial charge in [0.2, 0.25) is 0 Å². The Balaban J connectivity index is 2.05. The first-order valence-corrected chi connectivity index (χ1v) is 8.23. The molecule has 2 aromatic rings. The Morgan fingerprint density at radius 3 is 2.85 bits per heavy atom. The van der Waals surface area contributed by atoms with E-state index < -0.39 is 18.0 Å². The number of aliphatic hydroxyl groups is 1. The maximum absolute atomic E-state index is 13.3. The van der Waals surface area contributed by atoms with E-state index in [9.17, 15) is 18.3 Å². The molecule has 9 heteroatoms. The van der Waals surface area contributed by atoms with Gasteiger partial charge in [0, 0.05) is 30.6 Å². The monoisotopic (exact) mass is 368 g/mol. The summed E-state index contributed by atoms with van der Waals surface area (Å²) >= 11 is 0. The second kappa shape index (κ2) is 7.55. The summed E-state index contributed by atoms with van der Waals surface area (Å²) in [4.78, 5) is 13.7. The molecule has 2 atom stereocenters. The number of alkyl halides is 3. The highest BCUT2D eigenvalue weighted by Gasteiger charge is 2.35. The Morgan fingerprint density at radius 1 is 1.38 bits per heavy atom. The van der Waals surface area contributed by atoms with E-state index in [4.69, 9.17) is 4.74 Å². The van der Waals surface area contributed by atoms with E-state index in [1.54, 1.807) is 24.0 Å². The zero-order valence-corrected chi connectivity index (χ0v) is 14.1. The normalized spacial score (nSPS) is 19.4. The van der Waals surface area contributed by atoms with Crippen LogP contribution in [0.1, 0.15) is 19.0 Å². The van der Waals surface area contributed by atoms with Crippen molar-refractivity contribution in [3.63, 3.8) is 0 Å². The fourth-order valence-corrected chi connectivity index (χ4v) is 2.90. The average molecular weight is 368 g/mol. The molecule has 0 saturated carbocycles. The van der Waals surface area contributed by atoms with Crippen LogP contribution in [0.15, 0.2) is 30.6 Å². The molecule has 1 saturated heterocycles. The molecule has 0 aromatic carbocycles. The molecule has 6 nitrogen and oxygen atoms in total. The maximum Gasteiger partial charge on any atom is 0.433 e.